The molecule has 3 rings (SSSR count). The molecule has 0 atom stereocenters. The maximum atomic E-state index is 12.2. The van der Waals surface area contributed by atoms with Crippen molar-refractivity contribution in [2.24, 2.45) is 0 Å². The lowest BCUT2D eigenvalue weighted by Gasteiger charge is -2.26. The third-order valence-corrected chi connectivity index (χ3v) is 4.43. The number of nitrogens with one attached hydrogen (secondary N) is 1. The number of rotatable bonds is 3. The minimum Gasteiger partial charge on any atom is -0.423 e. The van der Waals surface area contributed by atoms with Crippen LogP contribution in [0.25, 0.3) is 0 Å². The summed E-state index contributed by atoms with van der Waals surface area (Å²) in [6.45, 7) is 3.64. The van der Waals surface area contributed by atoms with Crippen LogP contribution >= 0.6 is 0 Å². The van der Waals surface area contributed by atoms with Crippen LogP contribution in [0.5, 0.6) is 5.75 Å². The van der Waals surface area contributed by atoms with E-state index >= 15 is 0 Å². The number of hydrogen-bond acceptors (Lipinski definition) is 5. The highest BCUT2D eigenvalue weighted by Gasteiger charge is 2.29. The van der Waals surface area contributed by atoms with Crippen molar-refractivity contribution in [2.75, 3.05) is 0 Å². The molecule has 0 unspecified atom stereocenters. The maximum absolute atomic E-state index is 12.2. The Morgan fingerprint density at radius 1 is 0.926 bits per heavy atom. The van der Waals surface area contributed by atoms with E-state index in [-0.39, 0.29) is 0 Å². The van der Waals surface area contributed by atoms with Crippen molar-refractivity contribution >= 4 is 5.97 Å². The lowest BCUT2D eigenvalue weighted by Crippen LogP contribution is -2.23. The molecule has 27 heavy (non-hydrogen) atoms. The van der Waals surface area contributed by atoms with Gasteiger partial charge in [0, 0.05) is 11.4 Å². The first-order valence-corrected chi connectivity index (χ1v) is 8.41. The van der Waals surface area contributed by atoms with Crippen LogP contribution in [0.4, 0.5) is 0 Å². The Morgan fingerprint density at radius 3 is 2.00 bits per heavy atom. The van der Waals surface area contributed by atoms with E-state index < -0.39 is 11.9 Å². The summed E-state index contributed by atoms with van der Waals surface area (Å²) in [6, 6.07) is 20.0. The highest BCUT2D eigenvalue weighted by atomic mass is 16.5. The molecule has 1 heterocycles. The number of carbonyl (C=O) groups excluding carboxylic acids is 1. The van der Waals surface area contributed by atoms with E-state index in [1.165, 1.54) is 0 Å². The Labute approximate surface area is 157 Å². The summed E-state index contributed by atoms with van der Waals surface area (Å²) in [7, 11) is 0. The highest BCUT2D eigenvalue weighted by molar-refractivity contribution is 5.90. The van der Waals surface area contributed by atoms with E-state index in [0.717, 1.165) is 17.0 Å². The normalized spacial score (nSPS) is 14.2. The monoisotopic (exact) mass is 355 g/mol. The predicted molar refractivity (Wildman–Crippen MR) is 100 cm³/mol. The maximum Gasteiger partial charge on any atom is 0.343 e. The molecular weight excluding hydrogens is 338 g/mol. The van der Waals surface area contributed by atoms with Gasteiger partial charge in [-0.1, -0.05) is 30.3 Å². The van der Waals surface area contributed by atoms with Crippen LogP contribution < -0.4 is 10.1 Å². The van der Waals surface area contributed by atoms with Crippen molar-refractivity contribution < 1.29 is 9.53 Å². The fraction of sp³-hybridized carbons (Fsp3) is 0.136. The summed E-state index contributed by atoms with van der Waals surface area (Å²) in [5.74, 6) is -0.466. The summed E-state index contributed by atoms with van der Waals surface area (Å²) in [5.41, 5.74) is 3.74. The lowest BCUT2D eigenvalue weighted by atomic mass is 9.81. The van der Waals surface area contributed by atoms with Crippen molar-refractivity contribution in [3.8, 4) is 17.9 Å². The van der Waals surface area contributed by atoms with Gasteiger partial charge in [-0.15, -0.1) is 0 Å². The van der Waals surface area contributed by atoms with Gasteiger partial charge in [0.05, 0.1) is 34.8 Å². The molecular formula is C22H17N3O2. The molecule has 0 saturated carbocycles. The van der Waals surface area contributed by atoms with Gasteiger partial charge in [-0.2, -0.15) is 10.5 Å². The zero-order valence-corrected chi connectivity index (χ0v) is 15.0. The van der Waals surface area contributed by atoms with Crippen molar-refractivity contribution in [1.82, 2.24) is 5.32 Å². The molecule has 2 aromatic carbocycles. The van der Waals surface area contributed by atoms with Crippen LogP contribution in [0, 0.1) is 22.7 Å². The molecule has 0 aromatic heterocycles. The highest BCUT2D eigenvalue weighted by Crippen LogP contribution is 2.37. The molecule has 0 radical (unpaired) electrons. The summed E-state index contributed by atoms with van der Waals surface area (Å²) in [4.78, 5) is 12.2. The number of dihydropyridines is 1. The van der Waals surface area contributed by atoms with Crippen molar-refractivity contribution in [2.45, 2.75) is 19.8 Å². The van der Waals surface area contributed by atoms with E-state index in [1.54, 1.807) is 48.5 Å². The topological polar surface area (TPSA) is 85.9 Å². The number of nitriles is 2. The fourth-order valence-electron chi connectivity index (χ4n) is 3.09. The minimum atomic E-state index is -0.438. The molecule has 1 aliphatic rings. The Bertz CT molecular complexity index is 984. The third kappa shape index (κ3) is 3.58. The minimum absolute atomic E-state index is 0.403. The molecule has 0 bridgehead atoms. The average Bonchev–Trinajstić information content (AvgIpc) is 2.69. The standard InChI is InChI=1S/C22H17N3O2/c1-14-19(12-23)21(20(13-24)15(2)25-14)16-8-10-18(11-9-16)27-22(26)17-6-4-3-5-7-17/h3-11,21,25H,1-2H3. The van der Waals surface area contributed by atoms with Crippen LogP contribution in [0.3, 0.4) is 0 Å². The SMILES string of the molecule is CC1=C(C#N)C(c2ccc(OC(=O)c3ccccc3)cc2)C(C#N)=C(C)N1. The second kappa shape index (κ2) is 7.59. The van der Waals surface area contributed by atoms with E-state index in [1.807, 2.05) is 19.9 Å². The van der Waals surface area contributed by atoms with Crippen LogP contribution in [0.1, 0.15) is 35.7 Å². The molecule has 5 nitrogen and oxygen atoms in total. The van der Waals surface area contributed by atoms with E-state index in [4.69, 9.17) is 4.74 Å². The number of benzene rings is 2. The van der Waals surface area contributed by atoms with Crippen LogP contribution in [-0.2, 0) is 0 Å². The van der Waals surface area contributed by atoms with Gasteiger partial charge in [0.25, 0.3) is 0 Å². The Hall–Kier alpha value is -3.83. The third-order valence-electron chi connectivity index (χ3n) is 4.43. The molecule has 1 aliphatic heterocycles. The number of nitrogens with zero attached hydrogens (tertiary/aromatic N) is 2. The summed E-state index contributed by atoms with van der Waals surface area (Å²) < 4.78 is 5.39. The number of ether oxygens (including phenoxy) is 1. The Morgan fingerprint density at radius 2 is 1.48 bits per heavy atom. The van der Waals surface area contributed by atoms with Crippen molar-refractivity contribution in [1.29, 1.82) is 10.5 Å². The quantitative estimate of drug-likeness (QED) is 0.659. The summed E-state index contributed by atoms with van der Waals surface area (Å²) >= 11 is 0. The molecule has 132 valence electrons. The zero-order valence-electron chi connectivity index (χ0n) is 15.0. The smallest absolute Gasteiger partial charge is 0.343 e. The first-order valence-electron chi connectivity index (χ1n) is 8.41. The Balaban J connectivity index is 1.88. The molecule has 5 heteroatoms. The van der Waals surface area contributed by atoms with Gasteiger partial charge in [0.2, 0.25) is 0 Å². The number of allylic oxidation sites excluding steroid dienone is 4. The van der Waals surface area contributed by atoms with Gasteiger partial charge >= 0.3 is 5.97 Å². The van der Waals surface area contributed by atoms with Gasteiger partial charge in [-0.05, 0) is 43.7 Å². The number of carbonyl (C=O) groups is 1. The van der Waals surface area contributed by atoms with E-state index in [9.17, 15) is 15.3 Å². The summed E-state index contributed by atoms with van der Waals surface area (Å²) in [5, 5.41) is 22.2. The van der Waals surface area contributed by atoms with E-state index in [2.05, 4.69) is 17.5 Å². The van der Waals surface area contributed by atoms with Crippen LogP contribution in [0.2, 0.25) is 0 Å². The van der Waals surface area contributed by atoms with Gasteiger partial charge in [-0.25, -0.2) is 4.79 Å². The van der Waals surface area contributed by atoms with Gasteiger partial charge in [-0.3, -0.25) is 0 Å². The van der Waals surface area contributed by atoms with Crippen molar-refractivity contribution in [3.05, 3.63) is 88.3 Å². The zero-order chi connectivity index (χ0) is 19.4. The molecule has 0 aliphatic carbocycles. The molecule has 0 amide bonds. The second-order valence-electron chi connectivity index (χ2n) is 6.18. The lowest BCUT2D eigenvalue weighted by molar-refractivity contribution is 0.0734. The molecule has 0 spiro atoms. The molecule has 2 aromatic rings. The molecule has 0 saturated heterocycles. The predicted octanol–water partition coefficient (Wildman–Crippen LogP) is 4.19. The van der Waals surface area contributed by atoms with Crippen LogP contribution in [-0.4, -0.2) is 5.97 Å². The Kier molecular flexibility index (Phi) is 5.06. The van der Waals surface area contributed by atoms with E-state index in [0.29, 0.717) is 22.5 Å². The largest absolute Gasteiger partial charge is 0.423 e. The average molecular weight is 355 g/mol. The van der Waals surface area contributed by atoms with Gasteiger partial charge < -0.3 is 10.1 Å². The molecule has 0 fully saturated rings. The number of esters is 1. The fourth-order valence-corrected chi connectivity index (χ4v) is 3.09. The summed E-state index contributed by atoms with van der Waals surface area (Å²) in [6.07, 6.45) is 0. The molecule has 1 N–H and O–H groups in total. The van der Waals surface area contributed by atoms with Crippen LogP contribution in [0.15, 0.2) is 77.1 Å². The van der Waals surface area contributed by atoms with Gasteiger partial charge in [0.1, 0.15) is 5.75 Å². The first-order chi connectivity index (χ1) is 13.0. The van der Waals surface area contributed by atoms with Gasteiger partial charge in [0.15, 0.2) is 0 Å². The number of hydrogen-bond donors (Lipinski definition) is 1. The van der Waals surface area contributed by atoms with Crippen molar-refractivity contribution in [3.63, 3.8) is 0 Å². The second-order valence-corrected chi connectivity index (χ2v) is 6.18. The first kappa shape index (κ1) is 18.0.